The number of anilines is 11. The Morgan fingerprint density at radius 1 is 0.333 bits per heavy atom. The van der Waals surface area contributed by atoms with Crippen LogP contribution in [0.15, 0.2) is 254 Å². The lowest BCUT2D eigenvalue weighted by Gasteiger charge is -2.28. The highest BCUT2D eigenvalue weighted by molar-refractivity contribution is 5.94. The van der Waals surface area contributed by atoms with E-state index in [1.165, 1.54) is 31.4 Å². The number of morpholine rings is 1. The molecule has 20 N–H and O–H groups in total. The molecule has 43 heteroatoms. The molecular formula is C95H84N32O11. The summed E-state index contributed by atoms with van der Waals surface area (Å²) in [5.74, 6) is 12.1. The lowest BCUT2D eigenvalue weighted by molar-refractivity contribution is 0.122. The number of benzene rings is 7. The number of pyridine rings is 4. The summed E-state index contributed by atoms with van der Waals surface area (Å²) in [6, 6.07) is 70.2. The van der Waals surface area contributed by atoms with Gasteiger partial charge in [-0.1, -0.05) is 54.6 Å². The first-order valence-electron chi connectivity index (χ1n) is 43.9. The largest absolute Gasteiger partial charge is 0.458 e. The molecular weight excluding hydrogens is 1770 g/mol. The zero-order valence-corrected chi connectivity index (χ0v) is 73.3. The zero-order valence-electron chi connectivity index (χ0n) is 73.3. The summed E-state index contributed by atoms with van der Waals surface area (Å²) in [6.07, 6.45) is 4.88. The highest BCUT2D eigenvalue weighted by atomic mass is 16.5. The minimum absolute atomic E-state index is 0.145. The first kappa shape index (κ1) is 85.7. The fourth-order valence-electron chi connectivity index (χ4n) is 15.2. The Balaban J connectivity index is 0.000000103. The van der Waals surface area contributed by atoms with Crippen molar-refractivity contribution >= 4 is 140 Å². The van der Waals surface area contributed by atoms with Crippen LogP contribution in [-0.2, 0) is 11.3 Å². The van der Waals surface area contributed by atoms with Crippen molar-refractivity contribution in [1.82, 2.24) is 132 Å². The van der Waals surface area contributed by atoms with E-state index in [4.69, 9.17) is 28.4 Å². The summed E-state index contributed by atoms with van der Waals surface area (Å²) < 4.78 is 34.8. The summed E-state index contributed by atoms with van der Waals surface area (Å²) in [7, 11) is 0. The third kappa shape index (κ3) is 20.2. The zero-order chi connectivity index (χ0) is 93.5. The molecule has 43 nitrogen and oxygen atoms in total. The second-order valence-corrected chi connectivity index (χ2v) is 32.5. The van der Waals surface area contributed by atoms with Crippen LogP contribution in [0.5, 0.6) is 52.5 Å². The number of nitrogens with one attached hydrogen (secondary N) is 20. The van der Waals surface area contributed by atoms with Gasteiger partial charge in [-0.3, -0.25) is 100 Å². The molecule has 16 heterocycles. The molecule has 1 aliphatic heterocycles. The number of rotatable bonds is 24. The van der Waals surface area contributed by atoms with Crippen LogP contribution in [0.1, 0.15) is 65.9 Å². The van der Waals surface area contributed by atoms with Crippen molar-refractivity contribution < 1.29 is 28.4 Å². The maximum Gasteiger partial charge on any atom is 0.320 e. The van der Waals surface area contributed by atoms with E-state index in [-0.39, 0.29) is 40.4 Å². The van der Waals surface area contributed by atoms with Gasteiger partial charge in [0.1, 0.15) is 58.7 Å². The number of aromatic amines is 15. The fourth-order valence-corrected chi connectivity index (χ4v) is 15.2. The van der Waals surface area contributed by atoms with Crippen LogP contribution >= 0.6 is 0 Å². The Bertz CT molecular complexity index is 8480. The van der Waals surface area contributed by atoms with Crippen LogP contribution < -0.4 is 83.0 Å². The molecule has 7 aromatic carbocycles. The number of aryl methyl sites for hydroxylation is 2. The second kappa shape index (κ2) is 38.0. The third-order valence-corrected chi connectivity index (χ3v) is 22.4. The lowest BCUT2D eigenvalue weighted by Crippen LogP contribution is -2.36. The van der Waals surface area contributed by atoms with Crippen molar-refractivity contribution in [3.05, 3.63) is 311 Å². The molecule has 0 atom stereocenters. The average molecular weight is 1850 g/mol. The minimum atomic E-state index is -0.160. The summed E-state index contributed by atoms with van der Waals surface area (Å²) in [4.78, 5) is 87.2. The Labute approximate surface area is 775 Å². The summed E-state index contributed by atoms with van der Waals surface area (Å²) in [5.41, 5.74) is 10.4. The molecule has 3 fully saturated rings. The monoisotopic (exact) mass is 1850 g/mol. The van der Waals surface area contributed by atoms with Crippen LogP contribution in [0.25, 0.3) is 76.3 Å². The molecule has 138 heavy (non-hydrogen) atoms. The fraction of sp³-hybridized carbons (Fsp3) is 0.137. The number of nitrogens with zero attached hydrogens (tertiary/aromatic N) is 12. The minimum Gasteiger partial charge on any atom is -0.458 e. The molecule has 25 rings (SSSR count). The summed E-state index contributed by atoms with van der Waals surface area (Å²) in [5, 5.41) is 84.0. The van der Waals surface area contributed by atoms with Crippen molar-refractivity contribution in [3.8, 4) is 52.5 Å². The van der Waals surface area contributed by atoms with Gasteiger partial charge in [-0.2, -0.15) is 50.4 Å². The molecule has 0 spiro atoms. The van der Waals surface area contributed by atoms with Gasteiger partial charge in [-0.25, -0.2) is 4.98 Å². The van der Waals surface area contributed by atoms with E-state index in [0.717, 1.165) is 86.2 Å². The summed E-state index contributed by atoms with van der Waals surface area (Å²) >= 11 is 0. The van der Waals surface area contributed by atoms with Crippen molar-refractivity contribution in [1.29, 1.82) is 0 Å². The molecule has 0 amide bonds. The predicted octanol–water partition coefficient (Wildman–Crippen LogP) is 16.2. The van der Waals surface area contributed by atoms with E-state index in [1.807, 2.05) is 141 Å². The predicted molar refractivity (Wildman–Crippen MR) is 519 cm³/mol. The van der Waals surface area contributed by atoms with Crippen LogP contribution in [-0.4, -0.2) is 158 Å². The molecule has 2 saturated carbocycles. The first-order chi connectivity index (χ1) is 67.5. The van der Waals surface area contributed by atoms with Gasteiger partial charge < -0.3 is 59.9 Å². The lowest BCUT2D eigenvalue weighted by atomic mass is 10.2. The number of ether oxygens (including phenoxy) is 6. The van der Waals surface area contributed by atoms with E-state index in [9.17, 15) is 24.0 Å². The van der Waals surface area contributed by atoms with Crippen molar-refractivity contribution in [2.24, 2.45) is 0 Å². The SMILES string of the molecule is Cc1cc(Nc2cc(N3CCOCC3)nc(OCc3ccc4c(=O)[nH][nH]c4c3)n2)n[nH]1.Cc1cc(Nc2cccc(Oc3ccc4c(=O)[nH][nH]c4c3)n2)n[nH]1.O=c1[nH][nH]c2cc(Oc3cc(Nc4cc(C5CC5)[nH]n4)c4ccccc4n3)ccc12.O=c1[nH][nH]c2cc(Oc3cccc(Nc4cc(C5CC5)[nH]n4)n3)ccc12.O=c1[nH][nH]c2cc(Oc3cccc(Nc4n[nH]c5ccccc45)n3)ccc12. The van der Waals surface area contributed by atoms with E-state index in [1.54, 1.807) is 97.1 Å². The third-order valence-electron chi connectivity index (χ3n) is 22.4. The molecule has 0 radical (unpaired) electrons. The summed E-state index contributed by atoms with van der Waals surface area (Å²) in [6.45, 7) is 6.90. The number of H-pyrrole nitrogens is 15. The highest BCUT2D eigenvalue weighted by Gasteiger charge is 2.28. The Kier molecular flexibility index (Phi) is 23.6. The van der Waals surface area contributed by atoms with Crippen molar-refractivity contribution in [2.75, 3.05) is 57.8 Å². The van der Waals surface area contributed by atoms with Crippen molar-refractivity contribution in [3.63, 3.8) is 0 Å². The van der Waals surface area contributed by atoms with Gasteiger partial charge in [0.15, 0.2) is 29.1 Å². The Morgan fingerprint density at radius 2 is 0.761 bits per heavy atom. The van der Waals surface area contributed by atoms with Gasteiger partial charge in [-0.05, 0) is 142 Å². The van der Waals surface area contributed by atoms with Crippen LogP contribution in [0.2, 0.25) is 0 Å². The normalized spacial score (nSPS) is 12.8. The van der Waals surface area contributed by atoms with Gasteiger partial charge in [0.25, 0.3) is 27.8 Å². The smallest absolute Gasteiger partial charge is 0.320 e. The number of fused-ring (bicyclic) bond motifs is 7. The maximum atomic E-state index is 11.7. The van der Waals surface area contributed by atoms with Crippen LogP contribution in [0.4, 0.5) is 63.9 Å². The van der Waals surface area contributed by atoms with E-state index in [2.05, 4.69) is 169 Å². The molecule has 0 unspecified atom stereocenters. The van der Waals surface area contributed by atoms with E-state index < -0.39 is 0 Å². The van der Waals surface area contributed by atoms with E-state index in [0.29, 0.717) is 161 Å². The van der Waals surface area contributed by atoms with E-state index >= 15 is 0 Å². The molecule has 2 aliphatic carbocycles. The highest BCUT2D eigenvalue weighted by Crippen LogP contribution is 2.42. The number of hydrogen-bond acceptors (Lipinski definition) is 28. The van der Waals surface area contributed by atoms with Crippen molar-refractivity contribution in [2.45, 2.75) is 58.0 Å². The Hall–Kier alpha value is -19.1. The van der Waals surface area contributed by atoms with Gasteiger partial charge in [0, 0.05) is 137 Å². The van der Waals surface area contributed by atoms with Gasteiger partial charge in [0.05, 0.1) is 84.4 Å². The topological polar surface area (TPSA) is 583 Å². The van der Waals surface area contributed by atoms with Crippen LogP contribution in [0, 0.1) is 13.8 Å². The Morgan fingerprint density at radius 3 is 1.25 bits per heavy atom. The number of para-hydroxylation sites is 2. The average Bonchev–Trinajstić information content (AvgIpc) is 0.818. The number of hydrogen-bond donors (Lipinski definition) is 20. The van der Waals surface area contributed by atoms with Gasteiger partial charge in [0.2, 0.25) is 23.5 Å². The molecule has 0 bridgehead atoms. The quantitative estimate of drug-likeness (QED) is 0.0267. The molecule has 3 aliphatic rings. The molecule has 690 valence electrons. The van der Waals surface area contributed by atoms with Crippen LogP contribution in [0.3, 0.4) is 0 Å². The standard InChI is InChI=1S/C22H18N6O2.C20H22N8O3.C19H14N6O2.C18H16N6O2.C16H14N6O2/c29-22-15-8-7-13(9-19(15)26-28-22)30-21-11-18(14-3-1-2-4-16(14)24-21)23-20-10-17(25-27-20)12-5-6-12;1-12-8-17(26-24-12)21-16-10-18(28-4-6-30-7-5-28)23-20(22-16)31-11-13-2-3-14-15(9-13)25-27-19(14)29;26-19-13-9-8-11(10-15(13)23-25-19)27-17-7-3-6-16(20-17)21-18-12-4-1-2-5-14(12)22-24-18;25-18-12-7-6-11(8-14(12)22-24-18)26-17-3-1-2-15(20-17)19-16-9-13(21-23-16)10-4-5-10;1-9-7-14(21-19-9)17-13-3-2-4-15(18-13)24-10-5-6-11-12(8-10)20-22-16(11)23/h1-4,7-12H,5-6H2,(H2,26,28,29)(H2,23,24,25,27);2-3,8-10H,4-7,11H2,1H3,(H2,25,27,29)(H2,21,22,23,24,26);1-10H,(H2,23,25,26)(H2,20,21,22,24);1-3,6-10H,4-5H2,(H2,22,24,25)(H2,19,20,21,23);2-8H,1H3,(H2,20,22,23)(H2,17,18,19,21). The number of aromatic nitrogens is 26. The van der Waals surface area contributed by atoms with Gasteiger partial charge >= 0.3 is 6.01 Å². The molecule has 22 aromatic rings. The first-order valence-corrected chi connectivity index (χ1v) is 43.9. The second-order valence-electron chi connectivity index (χ2n) is 32.5. The maximum absolute atomic E-state index is 11.7. The van der Waals surface area contributed by atoms with Gasteiger partial charge in [-0.15, -0.1) is 0 Å². The molecule has 15 aromatic heterocycles. The molecule has 1 saturated heterocycles.